The Balaban J connectivity index is 2.61. The lowest BCUT2D eigenvalue weighted by atomic mass is 9.92. The van der Waals surface area contributed by atoms with Crippen LogP contribution in [-0.2, 0) is 5.41 Å². The van der Waals surface area contributed by atoms with E-state index in [1.54, 1.807) is 0 Å². The van der Waals surface area contributed by atoms with Crippen LogP contribution in [0.1, 0.15) is 32.0 Å². The van der Waals surface area contributed by atoms with Crippen LogP contribution in [0, 0.1) is 6.92 Å². The van der Waals surface area contributed by atoms with Crippen LogP contribution >= 0.6 is 15.9 Å². The Morgan fingerprint density at radius 3 is 2.40 bits per heavy atom. The van der Waals surface area contributed by atoms with E-state index in [1.807, 2.05) is 25.1 Å². The highest BCUT2D eigenvalue weighted by atomic mass is 79.9. The summed E-state index contributed by atoms with van der Waals surface area (Å²) in [5.41, 5.74) is 5.63. The molecule has 106 valence electrons. The minimum absolute atomic E-state index is 0.0690. The number of nitrogens with one attached hydrogen (secondary N) is 1. The summed E-state index contributed by atoms with van der Waals surface area (Å²) >= 11 is 3.57. The van der Waals surface area contributed by atoms with Gasteiger partial charge in [0.1, 0.15) is 5.82 Å². The van der Waals surface area contributed by atoms with Crippen molar-refractivity contribution in [2.24, 2.45) is 5.84 Å². The Morgan fingerprint density at radius 2 is 1.85 bits per heavy atom. The molecule has 1 aromatic carbocycles. The van der Waals surface area contributed by atoms with E-state index in [1.165, 1.54) is 5.56 Å². The van der Waals surface area contributed by atoms with Gasteiger partial charge in [0.25, 0.3) is 0 Å². The van der Waals surface area contributed by atoms with E-state index in [2.05, 4.69) is 58.2 Å². The number of hydrazine groups is 1. The molecule has 0 radical (unpaired) electrons. The fraction of sp³-hybridized carbons (Fsp3) is 0.333. The van der Waals surface area contributed by atoms with Gasteiger partial charge in [0.15, 0.2) is 5.82 Å². The van der Waals surface area contributed by atoms with Gasteiger partial charge in [-0.15, -0.1) is 0 Å². The van der Waals surface area contributed by atoms with E-state index in [4.69, 9.17) is 5.84 Å². The third-order valence-corrected chi connectivity index (χ3v) is 3.66. The lowest BCUT2D eigenvalue weighted by Crippen LogP contribution is -2.17. The topological polar surface area (TPSA) is 63.8 Å². The lowest BCUT2D eigenvalue weighted by molar-refractivity contribution is 0.568. The highest BCUT2D eigenvalue weighted by Gasteiger charge is 2.19. The zero-order valence-electron chi connectivity index (χ0n) is 12.2. The van der Waals surface area contributed by atoms with Crippen molar-refractivity contribution in [3.8, 4) is 11.4 Å². The first kappa shape index (κ1) is 14.9. The first-order chi connectivity index (χ1) is 9.31. The summed E-state index contributed by atoms with van der Waals surface area (Å²) in [6, 6.07) is 7.99. The number of halogens is 1. The molecular formula is C15H19BrN4. The maximum absolute atomic E-state index is 5.52. The highest BCUT2D eigenvalue weighted by molar-refractivity contribution is 9.10. The average Bonchev–Trinajstić information content (AvgIpc) is 2.37. The second-order valence-corrected chi connectivity index (χ2v) is 6.69. The Labute approximate surface area is 127 Å². The van der Waals surface area contributed by atoms with Crippen molar-refractivity contribution in [1.82, 2.24) is 9.97 Å². The van der Waals surface area contributed by atoms with Gasteiger partial charge in [0.05, 0.1) is 5.69 Å². The van der Waals surface area contributed by atoms with Crippen molar-refractivity contribution in [1.29, 1.82) is 0 Å². The van der Waals surface area contributed by atoms with Crippen molar-refractivity contribution >= 4 is 21.7 Å². The molecule has 5 heteroatoms. The molecule has 0 aliphatic heterocycles. The molecule has 0 spiro atoms. The normalized spacial score (nSPS) is 11.5. The number of hydrogen-bond acceptors (Lipinski definition) is 4. The first-order valence-electron chi connectivity index (χ1n) is 6.44. The van der Waals surface area contributed by atoms with Crippen molar-refractivity contribution in [2.75, 3.05) is 5.43 Å². The van der Waals surface area contributed by atoms with Crippen molar-refractivity contribution in [3.63, 3.8) is 0 Å². The predicted octanol–water partition coefficient (Wildman–Crippen LogP) is 3.80. The number of benzene rings is 1. The average molecular weight is 335 g/mol. The molecule has 3 N–H and O–H groups in total. The van der Waals surface area contributed by atoms with Gasteiger partial charge >= 0.3 is 0 Å². The second-order valence-electron chi connectivity index (χ2n) is 5.84. The number of anilines is 1. The maximum atomic E-state index is 5.52. The Kier molecular flexibility index (Phi) is 4.11. The molecule has 0 atom stereocenters. The van der Waals surface area contributed by atoms with E-state index in [-0.39, 0.29) is 5.41 Å². The van der Waals surface area contributed by atoms with Crippen LogP contribution in [0.25, 0.3) is 11.4 Å². The van der Waals surface area contributed by atoms with Crippen LogP contribution in [-0.4, -0.2) is 9.97 Å². The summed E-state index contributed by atoms with van der Waals surface area (Å²) in [5, 5.41) is 0. The van der Waals surface area contributed by atoms with Crippen molar-refractivity contribution in [3.05, 3.63) is 40.0 Å². The van der Waals surface area contributed by atoms with Crippen LogP contribution in [0.5, 0.6) is 0 Å². The molecule has 20 heavy (non-hydrogen) atoms. The monoisotopic (exact) mass is 334 g/mol. The quantitative estimate of drug-likeness (QED) is 0.647. The number of nitrogens with two attached hydrogens (primary N) is 1. The number of aryl methyl sites for hydroxylation is 1. The molecule has 4 nitrogen and oxygen atoms in total. The summed E-state index contributed by atoms with van der Waals surface area (Å²) in [7, 11) is 0. The molecular weight excluding hydrogens is 316 g/mol. The molecule has 0 saturated carbocycles. The van der Waals surface area contributed by atoms with Gasteiger partial charge in [0.2, 0.25) is 0 Å². The summed E-state index contributed by atoms with van der Waals surface area (Å²) in [4.78, 5) is 9.13. The molecule has 0 fully saturated rings. The third-order valence-electron chi connectivity index (χ3n) is 3.01. The van der Waals surface area contributed by atoms with E-state index in [0.29, 0.717) is 11.6 Å². The van der Waals surface area contributed by atoms with E-state index in [9.17, 15) is 0 Å². The molecule has 0 saturated heterocycles. The molecule has 0 bridgehead atoms. The smallest absolute Gasteiger partial charge is 0.162 e. The molecule has 0 unspecified atom stereocenters. The van der Waals surface area contributed by atoms with Gasteiger partial charge in [-0.05, 0) is 24.6 Å². The molecule has 2 aromatic rings. The van der Waals surface area contributed by atoms with Crippen LogP contribution in [0.2, 0.25) is 0 Å². The number of hydrogen-bond donors (Lipinski definition) is 2. The van der Waals surface area contributed by atoms with Gasteiger partial charge in [-0.1, -0.05) is 42.8 Å². The molecule has 0 aliphatic carbocycles. The van der Waals surface area contributed by atoms with E-state index in [0.717, 1.165) is 15.7 Å². The Bertz CT molecular complexity index is 632. The van der Waals surface area contributed by atoms with E-state index < -0.39 is 0 Å². The number of aromatic nitrogens is 2. The molecule has 2 rings (SSSR count). The van der Waals surface area contributed by atoms with Gasteiger partial charge in [-0.3, -0.25) is 0 Å². The summed E-state index contributed by atoms with van der Waals surface area (Å²) in [6.07, 6.45) is 0. The standard InChI is InChI=1S/C15H19BrN4/c1-9-5-6-10(11(16)7-9)14-18-12(15(2,3)4)8-13(19-14)20-17/h5-8H,17H2,1-4H3,(H,18,19,20). The number of nitrogens with zero attached hydrogens (tertiary/aromatic N) is 2. The molecule has 1 heterocycles. The van der Waals surface area contributed by atoms with E-state index >= 15 is 0 Å². The molecule has 1 aromatic heterocycles. The van der Waals surface area contributed by atoms with Crippen molar-refractivity contribution < 1.29 is 0 Å². The maximum Gasteiger partial charge on any atom is 0.162 e. The van der Waals surface area contributed by atoms with Crippen LogP contribution in [0.4, 0.5) is 5.82 Å². The molecule has 0 aliphatic rings. The number of rotatable bonds is 2. The van der Waals surface area contributed by atoms with Crippen LogP contribution in [0.15, 0.2) is 28.7 Å². The minimum atomic E-state index is -0.0690. The van der Waals surface area contributed by atoms with Gasteiger partial charge < -0.3 is 5.43 Å². The van der Waals surface area contributed by atoms with Crippen LogP contribution in [0.3, 0.4) is 0 Å². The summed E-state index contributed by atoms with van der Waals surface area (Å²) in [5.74, 6) is 6.80. The predicted molar refractivity (Wildman–Crippen MR) is 86.4 cm³/mol. The largest absolute Gasteiger partial charge is 0.308 e. The minimum Gasteiger partial charge on any atom is -0.308 e. The zero-order valence-corrected chi connectivity index (χ0v) is 13.7. The zero-order chi connectivity index (χ0) is 14.9. The highest BCUT2D eigenvalue weighted by Crippen LogP contribution is 2.30. The number of nitrogen functional groups attached to an aromatic ring is 1. The fourth-order valence-corrected chi connectivity index (χ4v) is 2.50. The summed E-state index contributed by atoms with van der Waals surface area (Å²) in [6.45, 7) is 8.39. The first-order valence-corrected chi connectivity index (χ1v) is 7.23. The Morgan fingerprint density at radius 1 is 1.15 bits per heavy atom. The van der Waals surface area contributed by atoms with Crippen molar-refractivity contribution in [2.45, 2.75) is 33.1 Å². The third kappa shape index (κ3) is 3.16. The summed E-state index contributed by atoms with van der Waals surface area (Å²) < 4.78 is 0.978. The van der Waals surface area contributed by atoms with Gasteiger partial charge in [-0.25, -0.2) is 15.8 Å². The Hall–Kier alpha value is -1.46. The SMILES string of the molecule is Cc1ccc(-c2nc(NN)cc(C(C)(C)C)n2)c(Br)c1. The van der Waals surface area contributed by atoms with Gasteiger partial charge in [0, 0.05) is 21.5 Å². The van der Waals surface area contributed by atoms with Gasteiger partial charge in [-0.2, -0.15) is 0 Å². The molecule has 0 amide bonds. The van der Waals surface area contributed by atoms with Crippen LogP contribution < -0.4 is 11.3 Å². The second kappa shape index (κ2) is 5.50. The fourth-order valence-electron chi connectivity index (χ4n) is 1.83. The lowest BCUT2D eigenvalue weighted by Gasteiger charge is -2.19.